The molecule has 2 aliphatic rings. The Morgan fingerprint density at radius 2 is 1.76 bits per heavy atom. The molecule has 1 atom stereocenters. The molecule has 1 amide bonds. The van der Waals surface area contributed by atoms with Gasteiger partial charge in [0.2, 0.25) is 0 Å². The number of ether oxygens (including phenoxy) is 1. The second-order valence-electron chi connectivity index (χ2n) is 10.6. The second kappa shape index (κ2) is 12.6. The van der Waals surface area contributed by atoms with Gasteiger partial charge in [0, 0.05) is 25.2 Å². The molecule has 3 heterocycles. The lowest BCUT2D eigenvalue weighted by Gasteiger charge is -2.33. The van der Waals surface area contributed by atoms with Crippen molar-refractivity contribution in [3.63, 3.8) is 0 Å². The molecule has 0 aliphatic carbocycles. The molecule has 4 nitrogen and oxygen atoms in total. The highest BCUT2D eigenvalue weighted by atomic mass is 32.1. The van der Waals surface area contributed by atoms with Crippen LogP contribution >= 0.6 is 11.3 Å². The Morgan fingerprint density at radius 3 is 2.45 bits per heavy atom. The van der Waals surface area contributed by atoms with Gasteiger partial charge in [0.05, 0.1) is 7.11 Å². The van der Waals surface area contributed by atoms with Crippen molar-refractivity contribution in [1.82, 2.24) is 9.80 Å². The molecule has 0 bridgehead atoms. The van der Waals surface area contributed by atoms with Crippen LogP contribution in [0.4, 0.5) is 0 Å². The molecule has 2 fully saturated rings. The largest absolute Gasteiger partial charge is 0.497 e. The number of piperidine rings is 1. The van der Waals surface area contributed by atoms with Crippen LogP contribution in [-0.4, -0.2) is 55.5 Å². The van der Waals surface area contributed by atoms with Crippen LogP contribution in [0.3, 0.4) is 0 Å². The predicted octanol–water partition coefficient (Wildman–Crippen LogP) is 7.25. The van der Waals surface area contributed by atoms with E-state index in [2.05, 4.69) is 63.9 Å². The van der Waals surface area contributed by atoms with Crippen molar-refractivity contribution >= 4 is 28.0 Å². The van der Waals surface area contributed by atoms with Crippen LogP contribution in [0.15, 0.2) is 83.6 Å². The van der Waals surface area contributed by atoms with Gasteiger partial charge in [-0.25, -0.2) is 0 Å². The van der Waals surface area contributed by atoms with Crippen LogP contribution in [0.2, 0.25) is 0 Å². The first kappa shape index (κ1) is 26.5. The number of carbonyl (C=O) groups excluding carboxylic acids is 1. The molecule has 0 N–H and O–H groups in total. The van der Waals surface area contributed by atoms with Crippen molar-refractivity contribution < 1.29 is 9.53 Å². The van der Waals surface area contributed by atoms with Crippen molar-refractivity contribution in [2.75, 3.05) is 39.8 Å². The number of rotatable bonds is 5. The molecule has 1 aromatic heterocycles. The summed E-state index contributed by atoms with van der Waals surface area (Å²) in [5.41, 5.74) is 3.65. The Balaban J connectivity index is 0.000000433. The molecular formula is C33H38N2O2S. The number of nitrogens with zero attached hydrogens (tertiary/aromatic N) is 2. The van der Waals surface area contributed by atoms with Gasteiger partial charge >= 0.3 is 0 Å². The maximum absolute atomic E-state index is 13.3. The van der Waals surface area contributed by atoms with E-state index in [0.29, 0.717) is 11.8 Å². The number of hydrogen-bond donors (Lipinski definition) is 0. The normalized spacial score (nSPS) is 18.3. The van der Waals surface area contributed by atoms with Crippen LogP contribution in [-0.2, 0) is 0 Å². The van der Waals surface area contributed by atoms with Gasteiger partial charge in [0.1, 0.15) is 5.75 Å². The Hall–Kier alpha value is -3.15. The van der Waals surface area contributed by atoms with Gasteiger partial charge in [-0.2, -0.15) is 11.3 Å². The molecule has 1 unspecified atom stereocenters. The van der Waals surface area contributed by atoms with Crippen LogP contribution in [0.5, 0.6) is 5.75 Å². The smallest absolute Gasteiger partial charge is 0.254 e. The predicted molar refractivity (Wildman–Crippen MR) is 158 cm³/mol. The minimum atomic E-state index is 0.158. The minimum absolute atomic E-state index is 0.158. The van der Waals surface area contributed by atoms with Crippen molar-refractivity contribution in [2.24, 2.45) is 5.92 Å². The van der Waals surface area contributed by atoms with Gasteiger partial charge in [-0.1, -0.05) is 42.5 Å². The molecule has 5 heteroatoms. The van der Waals surface area contributed by atoms with E-state index in [4.69, 9.17) is 4.74 Å². The molecule has 2 aliphatic heterocycles. The number of methoxy groups -OCH3 is 1. The average molecular weight is 527 g/mol. The summed E-state index contributed by atoms with van der Waals surface area (Å²) in [6, 6.07) is 24.9. The highest BCUT2D eigenvalue weighted by Crippen LogP contribution is 2.30. The quantitative estimate of drug-likeness (QED) is 0.275. The number of fused-ring (bicyclic) bond motifs is 1. The van der Waals surface area contributed by atoms with Gasteiger partial charge < -0.3 is 14.5 Å². The lowest BCUT2D eigenvalue weighted by atomic mass is 9.89. The highest BCUT2D eigenvalue weighted by Gasteiger charge is 2.30. The summed E-state index contributed by atoms with van der Waals surface area (Å²) >= 11 is 1.74. The molecule has 0 radical (unpaired) electrons. The monoisotopic (exact) mass is 526 g/mol. The van der Waals surface area contributed by atoms with Crippen molar-refractivity contribution in [3.05, 3.63) is 100 Å². The number of hydrogen-bond acceptors (Lipinski definition) is 4. The first-order valence-corrected chi connectivity index (χ1v) is 14.7. The van der Waals surface area contributed by atoms with E-state index in [9.17, 15) is 4.79 Å². The third-order valence-corrected chi connectivity index (χ3v) is 8.73. The summed E-state index contributed by atoms with van der Waals surface area (Å²) in [7, 11) is 1.67. The van der Waals surface area contributed by atoms with E-state index in [1.165, 1.54) is 24.0 Å². The molecule has 2 saturated heterocycles. The molecule has 38 heavy (non-hydrogen) atoms. The first-order chi connectivity index (χ1) is 18.6. The third kappa shape index (κ3) is 6.46. The van der Waals surface area contributed by atoms with E-state index in [1.807, 2.05) is 36.4 Å². The van der Waals surface area contributed by atoms with Gasteiger partial charge in [-0.3, -0.25) is 4.79 Å². The highest BCUT2D eigenvalue weighted by molar-refractivity contribution is 7.07. The number of thiophene rings is 1. The fourth-order valence-electron chi connectivity index (χ4n) is 5.78. The number of carbonyl (C=O) groups is 1. The zero-order valence-corrected chi connectivity index (χ0v) is 23.3. The summed E-state index contributed by atoms with van der Waals surface area (Å²) in [5, 5.41) is 6.26. The second-order valence-corrected chi connectivity index (χ2v) is 11.4. The zero-order valence-electron chi connectivity index (χ0n) is 22.5. The lowest BCUT2D eigenvalue weighted by molar-refractivity contribution is 0.0784. The SMILES string of the molecule is COc1ccc2c(C(=O)N3CCC(CN4CCC(c5ccccc5)CC4)C3)cccc2c1.Cc1ccsc1. The number of aryl methyl sites for hydroxylation is 1. The molecular weight excluding hydrogens is 488 g/mol. The van der Waals surface area contributed by atoms with E-state index in [0.717, 1.165) is 61.2 Å². The molecule has 0 saturated carbocycles. The standard InChI is InChI=1S/C28H32N2O2.C5H6S/c1-32-25-10-11-26-24(18-25)8-5-9-27(26)28(31)30-17-12-21(20-30)19-29-15-13-23(14-16-29)22-6-3-2-4-7-22;1-5-2-3-6-4-5/h2-11,18,21,23H,12-17,19-20H2,1H3;2-4H,1H3. The van der Waals surface area contributed by atoms with E-state index < -0.39 is 0 Å². The number of amides is 1. The minimum Gasteiger partial charge on any atom is -0.497 e. The molecule has 3 aromatic carbocycles. The van der Waals surface area contributed by atoms with Gasteiger partial charge in [-0.15, -0.1) is 0 Å². The fourth-order valence-corrected chi connectivity index (χ4v) is 6.45. The summed E-state index contributed by atoms with van der Waals surface area (Å²) in [6.45, 7) is 7.25. The van der Waals surface area contributed by atoms with Crippen LogP contribution in [0.1, 0.15) is 46.7 Å². The Kier molecular flexibility index (Phi) is 8.77. The maximum Gasteiger partial charge on any atom is 0.254 e. The Bertz CT molecular complexity index is 1310. The average Bonchev–Trinajstić information content (AvgIpc) is 3.65. The van der Waals surface area contributed by atoms with Gasteiger partial charge in [-0.05, 0) is 114 Å². The first-order valence-electron chi connectivity index (χ1n) is 13.7. The summed E-state index contributed by atoms with van der Waals surface area (Å²) in [5.74, 6) is 2.24. The molecule has 4 aromatic rings. The van der Waals surface area contributed by atoms with Crippen LogP contribution in [0.25, 0.3) is 10.8 Å². The maximum atomic E-state index is 13.3. The van der Waals surface area contributed by atoms with Crippen molar-refractivity contribution in [3.8, 4) is 5.75 Å². The van der Waals surface area contributed by atoms with E-state index in [1.54, 1.807) is 18.4 Å². The lowest BCUT2D eigenvalue weighted by Crippen LogP contribution is -2.37. The fraction of sp³-hybridized carbons (Fsp3) is 0.364. The molecule has 6 rings (SSSR count). The van der Waals surface area contributed by atoms with Crippen LogP contribution < -0.4 is 4.74 Å². The van der Waals surface area contributed by atoms with Gasteiger partial charge in [0.25, 0.3) is 5.91 Å². The summed E-state index contributed by atoms with van der Waals surface area (Å²) < 4.78 is 5.34. The Labute approximate surface area is 230 Å². The van der Waals surface area contributed by atoms with E-state index >= 15 is 0 Å². The topological polar surface area (TPSA) is 32.8 Å². The van der Waals surface area contributed by atoms with Crippen molar-refractivity contribution in [1.29, 1.82) is 0 Å². The Morgan fingerprint density at radius 1 is 0.947 bits per heavy atom. The van der Waals surface area contributed by atoms with Crippen LogP contribution in [0, 0.1) is 12.8 Å². The zero-order chi connectivity index (χ0) is 26.3. The third-order valence-electron chi connectivity index (χ3n) is 7.93. The van der Waals surface area contributed by atoms with E-state index in [-0.39, 0.29) is 5.91 Å². The number of likely N-dealkylation sites (tertiary alicyclic amines) is 2. The van der Waals surface area contributed by atoms with Crippen molar-refractivity contribution in [2.45, 2.75) is 32.1 Å². The summed E-state index contributed by atoms with van der Waals surface area (Å²) in [4.78, 5) is 18.0. The number of benzene rings is 3. The molecule has 0 spiro atoms. The molecule has 198 valence electrons. The summed E-state index contributed by atoms with van der Waals surface area (Å²) in [6.07, 6.45) is 3.57. The van der Waals surface area contributed by atoms with Gasteiger partial charge in [0.15, 0.2) is 0 Å².